The summed E-state index contributed by atoms with van der Waals surface area (Å²) in [6.07, 6.45) is 1.95. The molecule has 0 aromatic heterocycles. The smallest absolute Gasteiger partial charge is 0.221 e. The molecular formula is C15H29N3O. The summed E-state index contributed by atoms with van der Waals surface area (Å²) in [5.74, 6) is -0.171. The van der Waals surface area contributed by atoms with Crippen LogP contribution in [0.3, 0.4) is 0 Å². The number of nitrogens with two attached hydrogens (primary N) is 1. The summed E-state index contributed by atoms with van der Waals surface area (Å²) >= 11 is 0. The number of nitrogens with zero attached hydrogens (tertiary/aromatic N) is 1. The van der Waals surface area contributed by atoms with Gasteiger partial charge in [-0.25, -0.2) is 0 Å². The second-order valence-electron chi connectivity index (χ2n) is 6.81. The van der Waals surface area contributed by atoms with Gasteiger partial charge in [-0.1, -0.05) is 6.58 Å². The minimum Gasteiger partial charge on any atom is -0.369 e. The van der Waals surface area contributed by atoms with Crippen molar-refractivity contribution in [3.8, 4) is 0 Å². The summed E-state index contributed by atoms with van der Waals surface area (Å²) in [4.78, 5) is 13.6. The van der Waals surface area contributed by atoms with Crippen molar-refractivity contribution < 1.29 is 4.79 Å². The fourth-order valence-corrected chi connectivity index (χ4v) is 2.37. The average Bonchev–Trinajstić information content (AvgIpc) is 2.28. The number of rotatable bonds is 5. The SMILES string of the molecule is C=C(CNC(C)(C)C)CN1CC(C(N)=O)CCC1C. The first-order valence-corrected chi connectivity index (χ1v) is 7.14. The molecule has 1 rings (SSSR count). The van der Waals surface area contributed by atoms with E-state index in [1.54, 1.807) is 0 Å². The summed E-state index contributed by atoms with van der Waals surface area (Å²) < 4.78 is 0. The van der Waals surface area contributed by atoms with Crippen LogP contribution in [0.15, 0.2) is 12.2 Å². The molecule has 19 heavy (non-hydrogen) atoms. The zero-order valence-electron chi connectivity index (χ0n) is 12.8. The molecule has 0 spiro atoms. The topological polar surface area (TPSA) is 58.4 Å². The molecule has 3 N–H and O–H groups in total. The molecule has 0 bridgehead atoms. The third-order valence-electron chi connectivity index (χ3n) is 3.71. The Kier molecular flexibility index (Phi) is 5.56. The molecule has 0 aromatic rings. The van der Waals surface area contributed by atoms with Gasteiger partial charge in [0.1, 0.15) is 0 Å². The molecule has 0 aromatic carbocycles. The number of carbonyl (C=O) groups excluding carboxylic acids is 1. The van der Waals surface area contributed by atoms with Crippen LogP contribution in [-0.4, -0.2) is 42.0 Å². The molecule has 110 valence electrons. The highest BCUT2D eigenvalue weighted by Crippen LogP contribution is 2.22. The van der Waals surface area contributed by atoms with Crippen LogP contribution in [0, 0.1) is 5.92 Å². The Bertz CT molecular complexity index is 333. The van der Waals surface area contributed by atoms with E-state index < -0.39 is 0 Å². The van der Waals surface area contributed by atoms with Gasteiger partial charge in [-0.3, -0.25) is 9.69 Å². The third-order valence-corrected chi connectivity index (χ3v) is 3.71. The molecule has 0 saturated carbocycles. The molecule has 0 radical (unpaired) electrons. The maximum atomic E-state index is 11.3. The van der Waals surface area contributed by atoms with Crippen LogP contribution >= 0.6 is 0 Å². The lowest BCUT2D eigenvalue weighted by molar-refractivity contribution is -0.123. The Morgan fingerprint density at radius 3 is 2.58 bits per heavy atom. The molecule has 1 amide bonds. The third kappa shape index (κ3) is 5.74. The molecule has 2 atom stereocenters. The number of primary amides is 1. The second kappa shape index (κ2) is 6.53. The molecule has 0 aliphatic carbocycles. The highest BCUT2D eigenvalue weighted by Gasteiger charge is 2.28. The largest absolute Gasteiger partial charge is 0.369 e. The van der Waals surface area contributed by atoms with Crippen LogP contribution in [0.5, 0.6) is 0 Å². The number of nitrogens with one attached hydrogen (secondary N) is 1. The van der Waals surface area contributed by atoms with Gasteiger partial charge in [0.15, 0.2) is 0 Å². The molecule has 1 fully saturated rings. The van der Waals surface area contributed by atoms with Crippen LogP contribution < -0.4 is 11.1 Å². The number of hydrogen-bond donors (Lipinski definition) is 2. The van der Waals surface area contributed by atoms with Crippen molar-refractivity contribution >= 4 is 5.91 Å². The summed E-state index contributed by atoms with van der Waals surface area (Å²) in [6, 6.07) is 0.502. The highest BCUT2D eigenvalue weighted by molar-refractivity contribution is 5.77. The standard InChI is InChI=1S/C15H29N3O/c1-11(8-17-15(3,4)5)9-18-10-13(14(16)19)7-6-12(18)2/h12-13,17H,1,6-10H2,2-5H3,(H2,16,19). The lowest BCUT2D eigenvalue weighted by Gasteiger charge is -2.37. The molecule has 1 aliphatic rings. The number of amides is 1. The first-order chi connectivity index (χ1) is 8.69. The summed E-state index contributed by atoms with van der Waals surface area (Å²) in [7, 11) is 0. The van der Waals surface area contributed by atoms with E-state index in [2.05, 4.69) is 44.5 Å². The lowest BCUT2D eigenvalue weighted by Crippen LogP contribution is -2.47. The van der Waals surface area contributed by atoms with E-state index in [9.17, 15) is 4.79 Å². The summed E-state index contributed by atoms with van der Waals surface area (Å²) in [5, 5.41) is 3.44. The number of likely N-dealkylation sites (tertiary alicyclic amines) is 1. The number of piperidine rings is 1. The Balaban J connectivity index is 2.45. The van der Waals surface area contributed by atoms with Crippen molar-refractivity contribution in [3.63, 3.8) is 0 Å². The van der Waals surface area contributed by atoms with Gasteiger partial charge in [0.25, 0.3) is 0 Å². The lowest BCUT2D eigenvalue weighted by atomic mass is 9.92. The van der Waals surface area contributed by atoms with Crippen LogP contribution in [0.25, 0.3) is 0 Å². The van der Waals surface area contributed by atoms with Crippen molar-refractivity contribution in [1.82, 2.24) is 10.2 Å². The number of carbonyl (C=O) groups is 1. The Hall–Kier alpha value is -0.870. The van der Waals surface area contributed by atoms with E-state index in [-0.39, 0.29) is 17.4 Å². The van der Waals surface area contributed by atoms with Gasteiger partial charge in [0.2, 0.25) is 5.91 Å². The quantitative estimate of drug-likeness (QED) is 0.743. The van der Waals surface area contributed by atoms with E-state index in [1.165, 1.54) is 0 Å². The minimum atomic E-state index is -0.171. The Morgan fingerprint density at radius 2 is 2.05 bits per heavy atom. The zero-order chi connectivity index (χ0) is 14.6. The maximum Gasteiger partial charge on any atom is 0.221 e. The van der Waals surface area contributed by atoms with Crippen molar-refractivity contribution in [2.45, 2.75) is 52.1 Å². The molecule has 1 aliphatic heterocycles. The van der Waals surface area contributed by atoms with E-state index in [0.29, 0.717) is 6.04 Å². The van der Waals surface area contributed by atoms with Crippen LogP contribution in [0.2, 0.25) is 0 Å². The van der Waals surface area contributed by atoms with Gasteiger partial charge in [-0.15, -0.1) is 0 Å². The van der Waals surface area contributed by atoms with Gasteiger partial charge in [0, 0.05) is 31.2 Å². The fraction of sp³-hybridized carbons (Fsp3) is 0.800. The molecule has 4 nitrogen and oxygen atoms in total. The van der Waals surface area contributed by atoms with E-state index in [0.717, 1.165) is 38.0 Å². The fourth-order valence-electron chi connectivity index (χ4n) is 2.37. The molecule has 4 heteroatoms. The van der Waals surface area contributed by atoms with E-state index >= 15 is 0 Å². The molecular weight excluding hydrogens is 238 g/mol. The zero-order valence-corrected chi connectivity index (χ0v) is 12.8. The van der Waals surface area contributed by atoms with Crippen LogP contribution in [0.4, 0.5) is 0 Å². The monoisotopic (exact) mass is 267 g/mol. The van der Waals surface area contributed by atoms with E-state index in [1.807, 2.05) is 0 Å². The van der Waals surface area contributed by atoms with Crippen molar-refractivity contribution in [2.24, 2.45) is 11.7 Å². The predicted molar refractivity (Wildman–Crippen MR) is 79.8 cm³/mol. The summed E-state index contributed by atoms with van der Waals surface area (Å²) in [5.41, 5.74) is 6.68. The first kappa shape index (κ1) is 16.2. The minimum absolute atomic E-state index is 0.000393. The van der Waals surface area contributed by atoms with Crippen molar-refractivity contribution in [1.29, 1.82) is 0 Å². The van der Waals surface area contributed by atoms with Gasteiger partial charge in [0.05, 0.1) is 5.92 Å². The van der Waals surface area contributed by atoms with E-state index in [4.69, 9.17) is 5.73 Å². The predicted octanol–water partition coefficient (Wildman–Crippen LogP) is 1.52. The molecule has 1 saturated heterocycles. The normalized spacial score (nSPS) is 25.3. The van der Waals surface area contributed by atoms with Crippen LogP contribution in [-0.2, 0) is 4.79 Å². The summed E-state index contributed by atoms with van der Waals surface area (Å²) in [6.45, 7) is 15.2. The second-order valence-corrected chi connectivity index (χ2v) is 6.81. The first-order valence-electron chi connectivity index (χ1n) is 7.14. The maximum absolute atomic E-state index is 11.3. The molecule has 1 heterocycles. The van der Waals surface area contributed by atoms with Gasteiger partial charge in [-0.05, 0) is 46.1 Å². The van der Waals surface area contributed by atoms with Crippen molar-refractivity contribution in [3.05, 3.63) is 12.2 Å². The van der Waals surface area contributed by atoms with Gasteiger partial charge < -0.3 is 11.1 Å². The van der Waals surface area contributed by atoms with Gasteiger partial charge in [-0.2, -0.15) is 0 Å². The Morgan fingerprint density at radius 1 is 1.42 bits per heavy atom. The Labute approximate surface area is 117 Å². The van der Waals surface area contributed by atoms with Crippen LogP contribution in [0.1, 0.15) is 40.5 Å². The van der Waals surface area contributed by atoms with Crippen molar-refractivity contribution in [2.75, 3.05) is 19.6 Å². The number of hydrogen-bond acceptors (Lipinski definition) is 3. The highest BCUT2D eigenvalue weighted by atomic mass is 16.1. The molecule has 2 unspecified atom stereocenters. The average molecular weight is 267 g/mol. The van der Waals surface area contributed by atoms with Gasteiger partial charge >= 0.3 is 0 Å².